The molecule has 1 amide bonds. The van der Waals surface area contributed by atoms with E-state index in [1.165, 1.54) is 10.4 Å². The zero-order valence-electron chi connectivity index (χ0n) is 15.4. The SMILES string of the molecule is CO[C@H]1CCN(C(=O)c2cccc(S(=O)(=O)N3CCCN(C)CC3)c2)C1. The van der Waals surface area contributed by atoms with Crippen LogP contribution in [0.1, 0.15) is 23.2 Å². The first kappa shape index (κ1) is 19.3. The maximum absolute atomic E-state index is 13.0. The van der Waals surface area contributed by atoms with Crippen molar-refractivity contribution in [2.45, 2.75) is 23.8 Å². The minimum atomic E-state index is -3.59. The molecule has 2 aliphatic rings. The molecule has 1 aromatic rings. The Hall–Kier alpha value is -1.48. The number of amides is 1. The number of benzene rings is 1. The first-order chi connectivity index (χ1) is 12.4. The summed E-state index contributed by atoms with van der Waals surface area (Å²) in [5.74, 6) is -0.141. The van der Waals surface area contributed by atoms with Crippen molar-refractivity contribution in [2.24, 2.45) is 0 Å². The number of rotatable bonds is 4. The van der Waals surface area contributed by atoms with Crippen molar-refractivity contribution < 1.29 is 17.9 Å². The molecule has 3 rings (SSSR count). The monoisotopic (exact) mass is 381 g/mol. The van der Waals surface area contributed by atoms with Crippen molar-refractivity contribution in [3.05, 3.63) is 29.8 Å². The number of nitrogens with zero attached hydrogens (tertiary/aromatic N) is 3. The Bertz CT molecular complexity index is 753. The highest BCUT2D eigenvalue weighted by Gasteiger charge is 2.29. The van der Waals surface area contributed by atoms with Gasteiger partial charge in [-0.05, 0) is 44.6 Å². The minimum absolute atomic E-state index is 0.0555. The van der Waals surface area contributed by atoms with Crippen molar-refractivity contribution in [1.82, 2.24) is 14.1 Å². The molecule has 0 N–H and O–H groups in total. The van der Waals surface area contributed by atoms with Crippen LogP contribution in [0.3, 0.4) is 0 Å². The fourth-order valence-corrected chi connectivity index (χ4v) is 5.01. The Labute approximate surface area is 155 Å². The van der Waals surface area contributed by atoms with Crippen molar-refractivity contribution in [1.29, 1.82) is 0 Å². The molecule has 144 valence electrons. The smallest absolute Gasteiger partial charge is 0.253 e. The zero-order valence-corrected chi connectivity index (χ0v) is 16.2. The number of carbonyl (C=O) groups is 1. The highest BCUT2D eigenvalue weighted by atomic mass is 32.2. The fourth-order valence-electron chi connectivity index (χ4n) is 3.49. The van der Waals surface area contributed by atoms with E-state index in [4.69, 9.17) is 4.74 Å². The largest absolute Gasteiger partial charge is 0.380 e. The molecule has 0 radical (unpaired) electrons. The average Bonchev–Trinajstić information content (AvgIpc) is 3.02. The quantitative estimate of drug-likeness (QED) is 0.774. The van der Waals surface area contributed by atoms with Gasteiger partial charge in [-0.15, -0.1) is 0 Å². The number of likely N-dealkylation sites (tertiary alicyclic amines) is 1. The fraction of sp³-hybridized carbons (Fsp3) is 0.611. The molecule has 7 nitrogen and oxygen atoms in total. The summed E-state index contributed by atoms with van der Waals surface area (Å²) in [6.45, 7) is 3.76. The van der Waals surface area contributed by atoms with Crippen LogP contribution in [-0.4, -0.2) is 88.0 Å². The summed E-state index contributed by atoms with van der Waals surface area (Å²) in [7, 11) is 0.0495. The van der Waals surface area contributed by atoms with E-state index >= 15 is 0 Å². The molecule has 2 heterocycles. The molecular weight excluding hydrogens is 354 g/mol. The molecule has 26 heavy (non-hydrogen) atoms. The summed E-state index contributed by atoms with van der Waals surface area (Å²) < 4.78 is 32.8. The number of hydrogen-bond acceptors (Lipinski definition) is 5. The van der Waals surface area contributed by atoms with Crippen LogP contribution in [0.2, 0.25) is 0 Å². The van der Waals surface area contributed by atoms with Crippen LogP contribution >= 0.6 is 0 Å². The Morgan fingerprint density at radius 1 is 1.15 bits per heavy atom. The number of likely N-dealkylation sites (N-methyl/N-ethyl adjacent to an activating group) is 1. The summed E-state index contributed by atoms with van der Waals surface area (Å²) in [5, 5.41) is 0. The third kappa shape index (κ3) is 4.09. The van der Waals surface area contributed by atoms with Crippen LogP contribution < -0.4 is 0 Å². The number of ether oxygens (including phenoxy) is 1. The van der Waals surface area contributed by atoms with E-state index in [1.54, 1.807) is 30.2 Å². The van der Waals surface area contributed by atoms with E-state index in [2.05, 4.69) is 4.90 Å². The van der Waals surface area contributed by atoms with Gasteiger partial charge in [0, 0.05) is 45.4 Å². The minimum Gasteiger partial charge on any atom is -0.380 e. The normalized spacial score (nSPS) is 23.2. The molecule has 0 spiro atoms. The molecule has 0 bridgehead atoms. The van der Waals surface area contributed by atoms with Crippen LogP contribution in [0.4, 0.5) is 0 Å². The Morgan fingerprint density at radius 3 is 2.69 bits per heavy atom. The Kier molecular flexibility index (Phi) is 5.96. The van der Waals surface area contributed by atoms with Gasteiger partial charge in [-0.2, -0.15) is 4.31 Å². The van der Waals surface area contributed by atoms with E-state index in [9.17, 15) is 13.2 Å². The maximum atomic E-state index is 13.0. The number of hydrogen-bond donors (Lipinski definition) is 0. The molecule has 0 unspecified atom stereocenters. The lowest BCUT2D eigenvalue weighted by Gasteiger charge is -2.21. The number of methoxy groups -OCH3 is 1. The standard InChI is InChI=1S/C18H27N3O4S/c1-19-8-4-9-21(12-11-19)26(23,24)17-6-3-5-15(13-17)18(22)20-10-7-16(14-20)25-2/h3,5-6,13,16H,4,7-12,14H2,1-2H3/t16-/m0/s1. The lowest BCUT2D eigenvalue weighted by molar-refractivity contribution is 0.0724. The second-order valence-corrected chi connectivity index (χ2v) is 8.92. The lowest BCUT2D eigenvalue weighted by Crippen LogP contribution is -2.35. The second-order valence-electron chi connectivity index (χ2n) is 6.99. The van der Waals surface area contributed by atoms with Gasteiger partial charge >= 0.3 is 0 Å². The third-order valence-corrected chi connectivity index (χ3v) is 7.06. The summed E-state index contributed by atoms with van der Waals surface area (Å²) >= 11 is 0. The third-order valence-electron chi connectivity index (χ3n) is 5.16. The Balaban J connectivity index is 1.79. The van der Waals surface area contributed by atoms with Gasteiger partial charge in [-0.25, -0.2) is 8.42 Å². The van der Waals surface area contributed by atoms with E-state index in [0.29, 0.717) is 38.3 Å². The molecule has 2 aliphatic heterocycles. The van der Waals surface area contributed by atoms with Crippen molar-refractivity contribution >= 4 is 15.9 Å². The van der Waals surface area contributed by atoms with E-state index in [0.717, 1.165) is 19.4 Å². The van der Waals surface area contributed by atoms with Crippen molar-refractivity contribution in [3.63, 3.8) is 0 Å². The predicted octanol–water partition coefficient (Wildman–Crippen LogP) is 0.874. The molecule has 0 aromatic heterocycles. The van der Waals surface area contributed by atoms with Crippen LogP contribution in [0.25, 0.3) is 0 Å². The lowest BCUT2D eigenvalue weighted by atomic mass is 10.2. The van der Waals surface area contributed by atoms with Crippen LogP contribution in [0.5, 0.6) is 0 Å². The zero-order chi connectivity index (χ0) is 18.7. The molecule has 1 aromatic carbocycles. The van der Waals surface area contributed by atoms with E-state index in [1.807, 2.05) is 7.05 Å². The van der Waals surface area contributed by atoms with Gasteiger partial charge in [0.2, 0.25) is 10.0 Å². The van der Waals surface area contributed by atoms with Crippen LogP contribution in [-0.2, 0) is 14.8 Å². The maximum Gasteiger partial charge on any atom is 0.253 e. The summed E-state index contributed by atoms with van der Waals surface area (Å²) in [5.41, 5.74) is 0.412. The van der Waals surface area contributed by atoms with Gasteiger partial charge < -0.3 is 14.5 Å². The first-order valence-electron chi connectivity index (χ1n) is 9.02. The van der Waals surface area contributed by atoms with Crippen LogP contribution in [0.15, 0.2) is 29.2 Å². The van der Waals surface area contributed by atoms with Gasteiger partial charge in [-0.3, -0.25) is 4.79 Å². The van der Waals surface area contributed by atoms with Crippen molar-refractivity contribution in [3.8, 4) is 0 Å². The molecule has 1 atom stereocenters. The predicted molar refractivity (Wildman–Crippen MR) is 98.6 cm³/mol. The molecule has 0 saturated carbocycles. The van der Waals surface area contributed by atoms with Crippen molar-refractivity contribution in [2.75, 3.05) is 53.4 Å². The van der Waals surface area contributed by atoms with E-state index < -0.39 is 10.0 Å². The average molecular weight is 381 g/mol. The Morgan fingerprint density at radius 2 is 1.96 bits per heavy atom. The second kappa shape index (κ2) is 8.04. The highest BCUT2D eigenvalue weighted by Crippen LogP contribution is 2.21. The molecular formula is C18H27N3O4S. The van der Waals surface area contributed by atoms with Gasteiger partial charge in [-0.1, -0.05) is 6.07 Å². The van der Waals surface area contributed by atoms with E-state index in [-0.39, 0.29) is 16.9 Å². The number of sulfonamides is 1. The van der Waals surface area contributed by atoms with Gasteiger partial charge in [0.1, 0.15) is 0 Å². The van der Waals surface area contributed by atoms with Gasteiger partial charge in [0.15, 0.2) is 0 Å². The first-order valence-corrected chi connectivity index (χ1v) is 10.5. The molecule has 2 saturated heterocycles. The van der Waals surface area contributed by atoms with Crippen LogP contribution in [0, 0.1) is 0 Å². The number of carbonyl (C=O) groups excluding carboxylic acids is 1. The topological polar surface area (TPSA) is 70.2 Å². The summed E-state index contributed by atoms with van der Waals surface area (Å²) in [6.07, 6.45) is 1.67. The highest BCUT2D eigenvalue weighted by molar-refractivity contribution is 7.89. The molecule has 8 heteroatoms. The molecule has 0 aliphatic carbocycles. The molecule has 2 fully saturated rings. The van der Waals surface area contributed by atoms with Gasteiger partial charge in [0.25, 0.3) is 5.91 Å². The summed E-state index contributed by atoms with van der Waals surface area (Å²) in [6, 6.07) is 6.40. The van der Waals surface area contributed by atoms with Gasteiger partial charge in [0.05, 0.1) is 11.0 Å². The summed E-state index contributed by atoms with van der Waals surface area (Å²) in [4.78, 5) is 16.8.